The molecule has 0 saturated heterocycles. The zero-order valence-electron chi connectivity index (χ0n) is 14.8. The predicted octanol–water partition coefficient (Wildman–Crippen LogP) is 3.82. The Morgan fingerprint density at radius 3 is 2.68 bits per heavy atom. The lowest BCUT2D eigenvalue weighted by Crippen LogP contribution is -2.09. The van der Waals surface area contributed by atoms with Crippen molar-refractivity contribution in [3.63, 3.8) is 0 Å². The summed E-state index contributed by atoms with van der Waals surface area (Å²) in [5, 5.41) is 10.1. The molecular formula is C21H15NO6. The number of hydrogen-bond donors (Lipinski definition) is 1. The van der Waals surface area contributed by atoms with Crippen LogP contribution in [0.2, 0.25) is 0 Å². The summed E-state index contributed by atoms with van der Waals surface area (Å²) >= 11 is 0. The van der Waals surface area contributed by atoms with Crippen molar-refractivity contribution in [3.8, 4) is 17.2 Å². The van der Waals surface area contributed by atoms with E-state index in [-0.39, 0.29) is 23.6 Å². The van der Waals surface area contributed by atoms with E-state index in [1.807, 2.05) is 30.3 Å². The lowest BCUT2D eigenvalue weighted by atomic mass is 10.1. The number of nitrogens with zero attached hydrogens (tertiary/aromatic N) is 1. The van der Waals surface area contributed by atoms with E-state index in [0.29, 0.717) is 22.6 Å². The number of hydrogen-bond acceptors (Lipinski definition) is 7. The van der Waals surface area contributed by atoms with E-state index in [4.69, 9.17) is 13.6 Å². The molecule has 0 unspecified atom stereocenters. The molecule has 0 fully saturated rings. The van der Waals surface area contributed by atoms with Gasteiger partial charge in [-0.2, -0.15) is 0 Å². The summed E-state index contributed by atoms with van der Waals surface area (Å²) in [6.07, 6.45) is 0. The van der Waals surface area contributed by atoms with Crippen molar-refractivity contribution in [2.45, 2.75) is 13.5 Å². The van der Waals surface area contributed by atoms with E-state index < -0.39 is 11.6 Å². The molecule has 0 aliphatic heterocycles. The molecular weight excluding hydrogens is 362 g/mol. The Bertz CT molecular complexity index is 1220. The van der Waals surface area contributed by atoms with Crippen molar-refractivity contribution in [1.29, 1.82) is 0 Å². The normalized spacial score (nSPS) is 10.9. The molecule has 2 heterocycles. The van der Waals surface area contributed by atoms with Gasteiger partial charge in [0.1, 0.15) is 23.7 Å². The van der Waals surface area contributed by atoms with Crippen LogP contribution in [-0.2, 0) is 11.3 Å². The summed E-state index contributed by atoms with van der Waals surface area (Å²) in [5.74, 6) is -0.0300. The fourth-order valence-electron chi connectivity index (χ4n) is 2.84. The van der Waals surface area contributed by atoms with E-state index >= 15 is 0 Å². The van der Waals surface area contributed by atoms with E-state index in [1.54, 1.807) is 13.0 Å². The van der Waals surface area contributed by atoms with Gasteiger partial charge in [0, 0.05) is 28.6 Å². The second-order valence-electron chi connectivity index (χ2n) is 6.14. The van der Waals surface area contributed by atoms with Crippen LogP contribution in [0.15, 0.2) is 68.2 Å². The smallest absolute Gasteiger partial charge is 0.360 e. The molecule has 2 aromatic heterocycles. The van der Waals surface area contributed by atoms with Gasteiger partial charge in [-0.25, -0.2) is 14.6 Å². The Hall–Kier alpha value is -3.87. The standard InChI is InChI=1S/C21H15NO6/c1-12-19(22-20(27-12)13-5-3-2-4-6-13)21(25)26-11-14-9-18(24)28-17-10-15(23)7-8-16(14)17/h2-10,23H,11H2,1H3. The third-order valence-corrected chi connectivity index (χ3v) is 4.18. The van der Waals surface area contributed by atoms with Crippen LogP contribution >= 0.6 is 0 Å². The van der Waals surface area contributed by atoms with Crippen molar-refractivity contribution in [3.05, 3.63) is 82.0 Å². The van der Waals surface area contributed by atoms with Gasteiger partial charge < -0.3 is 18.7 Å². The number of carbonyl (C=O) groups is 1. The highest BCUT2D eigenvalue weighted by molar-refractivity contribution is 5.89. The highest BCUT2D eigenvalue weighted by Crippen LogP contribution is 2.24. The summed E-state index contributed by atoms with van der Waals surface area (Å²) < 4.78 is 16.0. The van der Waals surface area contributed by atoms with Crippen LogP contribution in [0.5, 0.6) is 5.75 Å². The Balaban J connectivity index is 1.58. The van der Waals surface area contributed by atoms with E-state index in [2.05, 4.69) is 4.98 Å². The van der Waals surface area contributed by atoms with Gasteiger partial charge in [0.2, 0.25) is 5.89 Å². The van der Waals surface area contributed by atoms with Crippen molar-refractivity contribution in [2.75, 3.05) is 0 Å². The maximum Gasteiger partial charge on any atom is 0.360 e. The average Bonchev–Trinajstić information content (AvgIpc) is 3.08. The largest absolute Gasteiger partial charge is 0.508 e. The molecule has 28 heavy (non-hydrogen) atoms. The molecule has 4 aromatic rings. The fourth-order valence-corrected chi connectivity index (χ4v) is 2.84. The first-order chi connectivity index (χ1) is 13.5. The number of phenols is 1. The molecule has 0 bridgehead atoms. The number of esters is 1. The van der Waals surface area contributed by atoms with Gasteiger partial charge in [-0.05, 0) is 31.2 Å². The summed E-state index contributed by atoms with van der Waals surface area (Å²) in [6.45, 7) is 1.48. The topological polar surface area (TPSA) is 103 Å². The van der Waals surface area contributed by atoms with Crippen LogP contribution in [0.25, 0.3) is 22.4 Å². The maximum absolute atomic E-state index is 12.5. The summed E-state index contributed by atoms with van der Waals surface area (Å²) in [5.41, 5.74) is 0.888. The van der Waals surface area contributed by atoms with Gasteiger partial charge in [-0.1, -0.05) is 18.2 Å². The molecule has 0 aliphatic carbocycles. The highest BCUT2D eigenvalue weighted by Gasteiger charge is 2.20. The van der Waals surface area contributed by atoms with Crippen LogP contribution in [-0.4, -0.2) is 16.1 Å². The van der Waals surface area contributed by atoms with E-state index in [9.17, 15) is 14.7 Å². The van der Waals surface area contributed by atoms with Crippen molar-refractivity contribution in [1.82, 2.24) is 4.98 Å². The number of aromatic hydroxyl groups is 1. The Kier molecular flexibility index (Phi) is 4.41. The lowest BCUT2D eigenvalue weighted by Gasteiger charge is -2.06. The molecule has 2 aromatic carbocycles. The Labute approximate surface area is 158 Å². The minimum atomic E-state index is -0.663. The molecule has 0 saturated carbocycles. The third-order valence-electron chi connectivity index (χ3n) is 4.18. The first-order valence-electron chi connectivity index (χ1n) is 8.47. The van der Waals surface area contributed by atoms with Crippen LogP contribution in [0.3, 0.4) is 0 Å². The van der Waals surface area contributed by atoms with Crippen LogP contribution in [0.1, 0.15) is 21.8 Å². The van der Waals surface area contributed by atoms with Crippen LogP contribution < -0.4 is 5.63 Å². The minimum Gasteiger partial charge on any atom is -0.508 e. The second kappa shape index (κ2) is 7.03. The molecule has 7 nitrogen and oxygen atoms in total. The zero-order chi connectivity index (χ0) is 19.7. The molecule has 0 atom stereocenters. The van der Waals surface area contributed by atoms with Gasteiger partial charge in [-0.3, -0.25) is 0 Å². The van der Waals surface area contributed by atoms with Gasteiger partial charge in [0.05, 0.1) is 0 Å². The van der Waals surface area contributed by atoms with Gasteiger partial charge in [-0.15, -0.1) is 0 Å². The van der Waals surface area contributed by atoms with E-state index in [0.717, 1.165) is 5.56 Å². The molecule has 140 valence electrons. The number of oxazole rings is 1. The summed E-state index contributed by atoms with van der Waals surface area (Å²) in [6, 6.07) is 14.8. The SMILES string of the molecule is Cc1oc(-c2ccccc2)nc1C(=O)OCc1cc(=O)oc2cc(O)ccc12. The van der Waals surface area contributed by atoms with Gasteiger partial charge in [0.25, 0.3) is 0 Å². The van der Waals surface area contributed by atoms with Gasteiger partial charge >= 0.3 is 11.6 Å². The second-order valence-corrected chi connectivity index (χ2v) is 6.14. The van der Waals surface area contributed by atoms with E-state index in [1.165, 1.54) is 18.2 Å². The number of rotatable bonds is 4. The van der Waals surface area contributed by atoms with Gasteiger partial charge in [0.15, 0.2) is 5.69 Å². The molecule has 0 radical (unpaired) electrons. The lowest BCUT2D eigenvalue weighted by molar-refractivity contribution is 0.0465. The average molecular weight is 377 g/mol. The molecule has 0 spiro atoms. The monoisotopic (exact) mass is 377 g/mol. The van der Waals surface area contributed by atoms with Crippen LogP contribution in [0.4, 0.5) is 0 Å². The molecule has 4 rings (SSSR count). The van der Waals surface area contributed by atoms with Crippen molar-refractivity contribution >= 4 is 16.9 Å². The first-order valence-corrected chi connectivity index (χ1v) is 8.47. The molecule has 0 amide bonds. The summed E-state index contributed by atoms with van der Waals surface area (Å²) in [7, 11) is 0. The highest BCUT2D eigenvalue weighted by atomic mass is 16.5. The molecule has 1 N–H and O–H groups in total. The number of aryl methyl sites for hydroxylation is 1. The predicted molar refractivity (Wildman–Crippen MR) is 99.9 cm³/mol. The minimum absolute atomic E-state index is 0.0311. The molecule has 0 aliphatic rings. The Morgan fingerprint density at radius 2 is 1.89 bits per heavy atom. The number of ether oxygens (including phenoxy) is 1. The molecule has 7 heteroatoms. The maximum atomic E-state index is 12.5. The quantitative estimate of drug-likeness (QED) is 0.426. The number of phenolic OH excluding ortho intramolecular Hbond substituents is 1. The zero-order valence-corrected chi connectivity index (χ0v) is 14.8. The number of carbonyl (C=O) groups excluding carboxylic acids is 1. The number of benzene rings is 2. The summed E-state index contributed by atoms with van der Waals surface area (Å²) in [4.78, 5) is 28.4. The Morgan fingerprint density at radius 1 is 1.11 bits per heavy atom. The van der Waals surface area contributed by atoms with Crippen molar-refractivity contribution < 1.29 is 23.5 Å². The third kappa shape index (κ3) is 3.37. The number of aromatic nitrogens is 1. The first kappa shape index (κ1) is 17.5. The van der Waals surface area contributed by atoms with Crippen LogP contribution in [0, 0.1) is 6.92 Å². The number of fused-ring (bicyclic) bond motifs is 1. The fraction of sp³-hybridized carbons (Fsp3) is 0.0952. The van der Waals surface area contributed by atoms with Crippen molar-refractivity contribution in [2.24, 2.45) is 0 Å².